The SMILES string of the molecule is O=CS[C@H]1NC(=O)[C@@H]1Br. The zero-order valence-electron chi connectivity index (χ0n) is 4.33. The monoisotopic (exact) mass is 209 g/mol. The molecule has 1 aliphatic heterocycles. The highest BCUT2D eigenvalue weighted by Crippen LogP contribution is 2.23. The molecule has 3 nitrogen and oxygen atoms in total. The quantitative estimate of drug-likeness (QED) is 0.400. The lowest BCUT2D eigenvalue weighted by atomic mass is 10.3. The van der Waals surface area contributed by atoms with Crippen LogP contribution in [0.5, 0.6) is 0 Å². The molecular formula is C4H4BrNO2S. The molecule has 1 fully saturated rings. The van der Waals surface area contributed by atoms with Crippen LogP contribution in [-0.4, -0.2) is 21.7 Å². The number of hydrogen-bond acceptors (Lipinski definition) is 3. The van der Waals surface area contributed by atoms with Gasteiger partial charge in [-0.15, -0.1) is 0 Å². The van der Waals surface area contributed by atoms with Crippen LogP contribution in [-0.2, 0) is 9.59 Å². The van der Waals surface area contributed by atoms with Crippen LogP contribution in [0.25, 0.3) is 0 Å². The highest BCUT2D eigenvalue weighted by molar-refractivity contribution is 9.10. The van der Waals surface area contributed by atoms with E-state index in [1.54, 1.807) is 0 Å². The van der Waals surface area contributed by atoms with Gasteiger partial charge in [0.25, 0.3) is 0 Å². The first-order valence-electron chi connectivity index (χ1n) is 2.29. The van der Waals surface area contributed by atoms with Crippen LogP contribution >= 0.6 is 27.7 Å². The number of thioether (sulfide) groups is 1. The Morgan fingerprint density at radius 3 is 2.78 bits per heavy atom. The van der Waals surface area contributed by atoms with Gasteiger partial charge >= 0.3 is 0 Å². The zero-order chi connectivity index (χ0) is 6.85. The van der Waals surface area contributed by atoms with E-state index in [0.717, 1.165) is 17.4 Å². The fraction of sp³-hybridized carbons (Fsp3) is 0.500. The van der Waals surface area contributed by atoms with Gasteiger partial charge in [-0.2, -0.15) is 0 Å². The molecule has 1 heterocycles. The van der Waals surface area contributed by atoms with Gasteiger partial charge in [-0.25, -0.2) is 0 Å². The number of nitrogens with one attached hydrogen (secondary N) is 1. The lowest BCUT2D eigenvalue weighted by molar-refractivity contribution is -0.125. The van der Waals surface area contributed by atoms with Gasteiger partial charge in [-0.1, -0.05) is 27.7 Å². The number of amides is 1. The van der Waals surface area contributed by atoms with Gasteiger partial charge in [-0.05, 0) is 0 Å². The predicted octanol–water partition coefficient (Wildman–Crippen LogP) is 0.129. The molecule has 1 aliphatic rings. The summed E-state index contributed by atoms with van der Waals surface area (Å²) in [6.07, 6.45) is 0. The van der Waals surface area contributed by atoms with Gasteiger partial charge in [0, 0.05) is 0 Å². The molecule has 1 rings (SSSR count). The summed E-state index contributed by atoms with van der Waals surface area (Å²) in [6.45, 7) is 0. The Kier molecular flexibility index (Phi) is 2.13. The molecule has 50 valence electrons. The smallest absolute Gasteiger partial charge is 0.237 e. The summed E-state index contributed by atoms with van der Waals surface area (Å²) in [5.41, 5.74) is 0.721. The van der Waals surface area contributed by atoms with Crippen molar-refractivity contribution in [3.63, 3.8) is 0 Å². The molecule has 0 aromatic carbocycles. The van der Waals surface area contributed by atoms with Crippen molar-refractivity contribution in [2.24, 2.45) is 0 Å². The summed E-state index contributed by atoms with van der Waals surface area (Å²) in [5.74, 6) is -0.0469. The maximum atomic E-state index is 10.4. The van der Waals surface area contributed by atoms with Gasteiger partial charge in [0.1, 0.15) is 10.2 Å². The third-order valence-electron chi connectivity index (χ3n) is 1.00. The summed E-state index contributed by atoms with van der Waals surface area (Å²) < 4.78 is 0. The van der Waals surface area contributed by atoms with Crippen molar-refractivity contribution < 1.29 is 9.59 Å². The topological polar surface area (TPSA) is 46.2 Å². The zero-order valence-corrected chi connectivity index (χ0v) is 6.74. The Labute approximate surface area is 64.7 Å². The molecule has 0 saturated carbocycles. The Hall–Kier alpha value is -0.0300. The van der Waals surface area contributed by atoms with Crippen molar-refractivity contribution in [2.45, 2.75) is 10.2 Å². The van der Waals surface area contributed by atoms with Gasteiger partial charge in [-0.3, -0.25) is 9.59 Å². The molecule has 2 atom stereocenters. The van der Waals surface area contributed by atoms with Crippen molar-refractivity contribution in [3.8, 4) is 0 Å². The van der Waals surface area contributed by atoms with E-state index < -0.39 is 0 Å². The Morgan fingerprint density at radius 1 is 1.78 bits per heavy atom. The van der Waals surface area contributed by atoms with Gasteiger partial charge in [0.2, 0.25) is 5.91 Å². The minimum atomic E-state index is -0.187. The highest BCUT2D eigenvalue weighted by Gasteiger charge is 2.37. The minimum absolute atomic E-state index is 0.0469. The number of alkyl halides is 1. The first-order chi connectivity index (χ1) is 4.25. The third-order valence-corrected chi connectivity index (χ3v) is 3.09. The van der Waals surface area contributed by atoms with E-state index in [1.807, 2.05) is 0 Å². The number of β-lactam (4-membered cyclic amide) rings is 1. The van der Waals surface area contributed by atoms with Gasteiger partial charge in [0.15, 0.2) is 5.62 Å². The Morgan fingerprint density at radius 2 is 2.44 bits per heavy atom. The maximum Gasteiger partial charge on any atom is 0.237 e. The molecule has 1 amide bonds. The second kappa shape index (κ2) is 2.70. The summed E-state index contributed by atoms with van der Waals surface area (Å²) in [7, 11) is 0. The molecule has 9 heavy (non-hydrogen) atoms. The number of hydrogen-bond donors (Lipinski definition) is 1. The second-order valence-corrected chi connectivity index (χ2v) is 3.52. The number of halogens is 1. The predicted molar refractivity (Wildman–Crippen MR) is 39.0 cm³/mol. The van der Waals surface area contributed by atoms with E-state index in [0.29, 0.717) is 0 Å². The molecule has 0 aliphatic carbocycles. The molecule has 5 heteroatoms. The van der Waals surface area contributed by atoms with Crippen LogP contribution in [0.2, 0.25) is 0 Å². The number of carbonyl (C=O) groups excluding carboxylic acids is 2. The lowest BCUT2D eigenvalue weighted by Gasteiger charge is -2.30. The van der Waals surface area contributed by atoms with E-state index >= 15 is 0 Å². The van der Waals surface area contributed by atoms with Gasteiger partial charge < -0.3 is 5.32 Å². The third kappa shape index (κ3) is 1.27. The summed E-state index contributed by atoms with van der Waals surface area (Å²) >= 11 is 4.17. The normalized spacial score (nSPS) is 32.8. The highest BCUT2D eigenvalue weighted by atomic mass is 79.9. The Bertz CT molecular complexity index is 150. The largest absolute Gasteiger partial charge is 0.341 e. The standard InChI is InChI=1S/C4H4BrNO2S/c5-2-3(8)6-4(2)9-1-7/h1-2,4H,(H,6,8)/t2-,4+/m0/s1. The molecular weight excluding hydrogens is 206 g/mol. The molecule has 0 spiro atoms. The van der Waals surface area contributed by atoms with Crippen molar-refractivity contribution >= 4 is 39.2 Å². The maximum absolute atomic E-state index is 10.4. The van der Waals surface area contributed by atoms with Crippen LogP contribution in [0.15, 0.2) is 0 Å². The average molecular weight is 210 g/mol. The molecule has 0 aromatic rings. The van der Waals surface area contributed by atoms with Crippen molar-refractivity contribution in [1.29, 1.82) is 0 Å². The van der Waals surface area contributed by atoms with E-state index in [1.165, 1.54) is 0 Å². The summed E-state index contributed by atoms with van der Waals surface area (Å²) in [5, 5.41) is 2.48. The average Bonchev–Trinajstić information content (AvgIpc) is 1.88. The van der Waals surface area contributed by atoms with Crippen LogP contribution in [0.3, 0.4) is 0 Å². The molecule has 0 radical (unpaired) electrons. The summed E-state index contributed by atoms with van der Waals surface area (Å²) in [4.78, 5) is 20.1. The van der Waals surface area contributed by atoms with Crippen LogP contribution in [0.4, 0.5) is 0 Å². The van der Waals surface area contributed by atoms with Crippen molar-refractivity contribution in [1.82, 2.24) is 5.32 Å². The van der Waals surface area contributed by atoms with E-state index in [4.69, 9.17) is 0 Å². The first kappa shape index (κ1) is 7.08. The van der Waals surface area contributed by atoms with Crippen LogP contribution in [0, 0.1) is 0 Å². The first-order valence-corrected chi connectivity index (χ1v) is 4.15. The van der Waals surface area contributed by atoms with Crippen molar-refractivity contribution in [2.75, 3.05) is 0 Å². The molecule has 1 N–H and O–H groups in total. The van der Waals surface area contributed by atoms with E-state index in [-0.39, 0.29) is 16.1 Å². The molecule has 0 unspecified atom stereocenters. The lowest BCUT2D eigenvalue weighted by Crippen LogP contribution is -2.57. The molecule has 0 aromatic heterocycles. The van der Waals surface area contributed by atoms with Crippen molar-refractivity contribution in [3.05, 3.63) is 0 Å². The molecule has 1 saturated heterocycles. The van der Waals surface area contributed by atoms with Crippen LogP contribution < -0.4 is 5.32 Å². The van der Waals surface area contributed by atoms with Crippen LogP contribution in [0.1, 0.15) is 0 Å². The fourth-order valence-electron chi connectivity index (χ4n) is 0.497. The minimum Gasteiger partial charge on any atom is -0.341 e. The Balaban J connectivity index is 2.32. The number of carbonyl (C=O) groups is 2. The summed E-state index contributed by atoms with van der Waals surface area (Å²) in [6, 6.07) is 0. The fourth-order valence-corrected chi connectivity index (χ4v) is 1.70. The van der Waals surface area contributed by atoms with E-state index in [9.17, 15) is 9.59 Å². The van der Waals surface area contributed by atoms with E-state index in [2.05, 4.69) is 21.2 Å². The second-order valence-electron chi connectivity index (χ2n) is 1.56. The van der Waals surface area contributed by atoms with Gasteiger partial charge in [0.05, 0.1) is 0 Å². The molecule has 0 bridgehead atoms. The number of rotatable bonds is 2.